The van der Waals surface area contributed by atoms with Crippen LogP contribution in [0.2, 0.25) is 0 Å². The van der Waals surface area contributed by atoms with E-state index in [4.69, 9.17) is 10.8 Å². The summed E-state index contributed by atoms with van der Waals surface area (Å²) in [5, 5.41) is 9.65. The Kier molecular flexibility index (Phi) is 2.11. The Bertz CT molecular complexity index is 529. The van der Waals surface area contributed by atoms with E-state index < -0.39 is 5.97 Å². The molecule has 0 aliphatic carbocycles. The lowest BCUT2D eigenvalue weighted by Gasteiger charge is -2.01. The fourth-order valence-corrected chi connectivity index (χ4v) is 1.66. The Hall–Kier alpha value is -1.97. The van der Waals surface area contributed by atoms with E-state index in [2.05, 4.69) is 4.98 Å². The van der Waals surface area contributed by atoms with Crippen molar-refractivity contribution in [3.8, 4) is 0 Å². The van der Waals surface area contributed by atoms with Gasteiger partial charge in [0, 0.05) is 16.6 Å². The maximum atomic E-state index is 10.7. The predicted octanol–water partition coefficient (Wildman–Crippen LogP) is 2.01. The van der Waals surface area contributed by atoms with Crippen molar-refractivity contribution in [3.63, 3.8) is 0 Å². The molecule has 0 spiro atoms. The Morgan fingerprint density at radius 1 is 1.47 bits per heavy atom. The molecule has 4 heteroatoms. The molecule has 0 aliphatic rings. The molecule has 2 aromatic rings. The van der Waals surface area contributed by atoms with Gasteiger partial charge in [0.1, 0.15) is 5.69 Å². The van der Waals surface area contributed by atoms with Crippen LogP contribution in [0.5, 0.6) is 0 Å². The van der Waals surface area contributed by atoms with E-state index in [-0.39, 0.29) is 5.69 Å². The number of hydrogen-bond acceptors (Lipinski definition) is 2. The van der Waals surface area contributed by atoms with Crippen LogP contribution in [0.25, 0.3) is 10.9 Å². The minimum absolute atomic E-state index is 0.192. The van der Waals surface area contributed by atoms with Crippen LogP contribution in [0, 0.1) is 0 Å². The fourth-order valence-electron chi connectivity index (χ4n) is 1.66. The standard InChI is InChI=1S/C11H12N2O2/c1-2-6-4-9-7(3-8(6)12)5-10(13-9)11(14)15/h3-5,13H,2,12H2,1H3,(H,14,15). The van der Waals surface area contributed by atoms with E-state index in [1.807, 2.05) is 13.0 Å². The highest BCUT2D eigenvalue weighted by Crippen LogP contribution is 2.23. The second kappa shape index (κ2) is 3.31. The molecule has 0 radical (unpaired) electrons. The van der Waals surface area contributed by atoms with Gasteiger partial charge in [0.25, 0.3) is 0 Å². The van der Waals surface area contributed by atoms with Crippen LogP contribution in [0.15, 0.2) is 18.2 Å². The van der Waals surface area contributed by atoms with Gasteiger partial charge in [-0.1, -0.05) is 6.92 Å². The largest absolute Gasteiger partial charge is 0.477 e. The average Bonchev–Trinajstić information content (AvgIpc) is 2.59. The van der Waals surface area contributed by atoms with Gasteiger partial charge in [-0.3, -0.25) is 0 Å². The molecule has 0 aliphatic heterocycles. The number of carbonyl (C=O) groups is 1. The number of aryl methyl sites for hydroxylation is 1. The van der Waals surface area contributed by atoms with Gasteiger partial charge in [0.05, 0.1) is 0 Å². The summed E-state index contributed by atoms with van der Waals surface area (Å²) in [6.07, 6.45) is 0.837. The number of carboxylic acids is 1. The number of rotatable bonds is 2. The Balaban J connectivity index is 2.66. The summed E-state index contributed by atoms with van der Waals surface area (Å²) in [5.41, 5.74) is 8.57. The third kappa shape index (κ3) is 1.54. The van der Waals surface area contributed by atoms with Crippen LogP contribution < -0.4 is 5.73 Å². The van der Waals surface area contributed by atoms with Crippen molar-refractivity contribution in [1.29, 1.82) is 0 Å². The number of anilines is 1. The van der Waals surface area contributed by atoms with E-state index in [1.54, 1.807) is 12.1 Å². The van der Waals surface area contributed by atoms with Crippen molar-refractivity contribution in [2.24, 2.45) is 0 Å². The summed E-state index contributed by atoms with van der Waals surface area (Å²) in [5.74, 6) is -0.956. The van der Waals surface area contributed by atoms with E-state index in [1.165, 1.54) is 0 Å². The van der Waals surface area contributed by atoms with E-state index >= 15 is 0 Å². The monoisotopic (exact) mass is 204 g/mol. The summed E-state index contributed by atoms with van der Waals surface area (Å²) in [7, 11) is 0. The lowest BCUT2D eigenvalue weighted by Crippen LogP contribution is -1.94. The van der Waals surface area contributed by atoms with E-state index in [0.717, 1.165) is 22.9 Å². The summed E-state index contributed by atoms with van der Waals surface area (Å²) >= 11 is 0. The smallest absolute Gasteiger partial charge is 0.352 e. The normalized spacial score (nSPS) is 10.7. The van der Waals surface area contributed by atoms with Crippen molar-refractivity contribution in [1.82, 2.24) is 4.98 Å². The number of fused-ring (bicyclic) bond motifs is 1. The Labute approximate surface area is 86.7 Å². The molecule has 1 aromatic heterocycles. The molecule has 2 rings (SSSR count). The van der Waals surface area contributed by atoms with Gasteiger partial charge in [-0.05, 0) is 30.2 Å². The number of aromatic nitrogens is 1. The van der Waals surface area contributed by atoms with Crippen molar-refractivity contribution >= 4 is 22.6 Å². The molecular weight excluding hydrogens is 192 g/mol. The fraction of sp³-hybridized carbons (Fsp3) is 0.182. The molecule has 0 unspecified atom stereocenters. The van der Waals surface area contributed by atoms with Crippen LogP contribution in [-0.4, -0.2) is 16.1 Å². The molecule has 4 nitrogen and oxygen atoms in total. The lowest BCUT2D eigenvalue weighted by molar-refractivity contribution is 0.0691. The maximum Gasteiger partial charge on any atom is 0.352 e. The van der Waals surface area contributed by atoms with Crippen molar-refractivity contribution in [2.45, 2.75) is 13.3 Å². The number of nitrogens with one attached hydrogen (secondary N) is 1. The average molecular weight is 204 g/mol. The van der Waals surface area contributed by atoms with E-state index in [0.29, 0.717) is 5.69 Å². The molecule has 0 saturated carbocycles. The highest BCUT2D eigenvalue weighted by Gasteiger charge is 2.08. The van der Waals surface area contributed by atoms with Crippen LogP contribution in [-0.2, 0) is 6.42 Å². The highest BCUT2D eigenvalue weighted by atomic mass is 16.4. The van der Waals surface area contributed by atoms with Crippen LogP contribution in [0.3, 0.4) is 0 Å². The summed E-state index contributed by atoms with van der Waals surface area (Å²) in [4.78, 5) is 13.6. The van der Waals surface area contributed by atoms with Gasteiger partial charge in [0.2, 0.25) is 0 Å². The van der Waals surface area contributed by atoms with Crippen molar-refractivity contribution in [2.75, 3.05) is 5.73 Å². The molecular formula is C11H12N2O2. The van der Waals surface area contributed by atoms with Gasteiger partial charge in [-0.2, -0.15) is 0 Å². The van der Waals surface area contributed by atoms with Crippen molar-refractivity contribution < 1.29 is 9.90 Å². The van der Waals surface area contributed by atoms with Gasteiger partial charge in [-0.25, -0.2) is 4.79 Å². The molecule has 1 heterocycles. The maximum absolute atomic E-state index is 10.7. The van der Waals surface area contributed by atoms with Gasteiger partial charge in [-0.15, -0.1) is 0 Å². The molecule has 1 aromatic carbocycles. The molecule has 0 fully saturated rings. The van der Waals surface area contributed by atoms with Gasteiger partial charge in [0.15, 0.2) is 0 Å². The first-order chi connectivity index (χ1) is 7.11. The van der Waals surface area contributed by atoms with Gasteiger partial charge < -0.3 is 15.8 Å². The Morgan fingerprint density at radius 2 is 2.20 bits per heavy atom. The minimum Gasteiger partial charge on any atom is -0.477 e. The summed E-state index contributed by atoms with van der Waals surface area (Å²) in [6.45, 7) is 2.01. The number of aromatic carboxylic acids is 1. The number of nitrogen functional groups attached to an aromatic ring is 1. The molecule has 0 bridgehead atoms. The highest BCUT2D eigenvalue weighted by molar-refractivity contribution is 5.95. The second-order valence-electron chi connectivity index (χ2n) is 3.48. The third-order valence-corrected chi connectivity index (χ3v) is 2.49. The topological polar surface area (TPSA) is 79.1 Å². The second-order valence-corrected chi connectivity index (χ2v) is 3.48. The lowest BCUT2D eigenvalue weighted by atomic mass is 10.1. The number of nitrogens with two attached hydrogens (primary N) is 1. The van der Waals surface area contributed by atoms with E-state index in [9.17, 15) is 4.79 Å². The zero-order valence-electron chi connectivity index (χ0n) is 8.37. The van der Waals surface area contributed by atoms with Crippen LogP contribution in [0.4, 0.5) is 5.69 Å². The molecule has 0 saturated heterocycles. The number of benzene rings is 1. The molecule has 4 N–H and O–H groups in total. The molecule has 0 atom stereocenters. The first-order valence-electron chi connectivity index (χ1n) is 4.76. The Morgan fingerprint density at radius 3 is 2.80 bits per heavy atom. The van der Waals surface area contributed by atoms with Crippen molar-refractivity contribution in [3.05, 3.63) is 29.5 Å². The predicted molar refractivity (Wildman–Crippen MR) is 59.0 cm³/mol. The zero-order valence-corrected chi connectivity index (χ0v) is 8.37. The summed E-state index contributed by atoms with van der Waals surface area (Å²) in [6, 6.07) is 5.29. The molecule has 15 heavy (non-hydrogen) atoms. The first kappa shape index (κ1) is 9.58. The summed E-state index contributed by atoms with van der Waals surface area (Å²) < 4.78 is 0. The minimum atomic E-state index is -0.956. The van der Waals surface area contributed by atoms with Gasteiger partial charge >= 0.3 is 5.97 Å². The first-order valence-corrected chi connectivity index (χ1v) is 4.76. The van der Waals surface area contributed by atoms with Crippen LogP contribution >= 0.6 is 0 Å². The van der Waals surface area contributed by atoms with Crippen LogP contribution in [0.1, 0.15) is 23.0 Å². The molecule has 0 amide bonds. The number of carboxylic acid groups (broad SMARTS) is 1. The molecule has 78 valence electrons. The third-order valence-electron chi connectivity index (χ3n) is 2.49. The SMILES string of the molecule is CCc1cc2[nH]c(C(=O)O)cc2cc1N. The quantitative estimate of drug-likeness (QED) is 0.654. The number of aromatic amines is 1. The number of hydrogen-bond donors (Lipinski definition) is 3. The zero-order chi connectivity index (χ0) is 11.0. The number of H-pyrrole nitrogens is 1.